The molecule has 21 heavy (non-hydrogen) atoms. The van der Waals surface area contributed by atoms with E-state index in [4.69, 9.17) is 0 Å². The Morgan fingerprint density at radius 1 is 1.00 bits per heavy atom. The molecular formula is C16H14F3NO. The molecule has 0 saturated heterocycles. The predicted molar refractivity (Wildman–Crippen MR) is 75.0 cm³/mol. The molecule has 0 aliphatic carbocycles. The lowest BCUT2D eigenvalue weighted by Gasteiger charge is -2.19. The fraction of sp³-hybridized carbons (Fsp3) is 0.188. The Morgan fingerprint density at radius 3 is 2.38 bits per heavy atom. The van der Waals surface area contributed by atoms with E-state index in [0.29, 0.717) is 5.69 Å². The van der Waals surface area contributed by atoms with E-state index < -0.39 is 23.2 Å². The van der Waals surface area contributed by atoms with Crippen molar-refractivity contribution >= 4 is 11.5 Å². The van der Waals surface area contributed by atoms with E-state index in [1.54, 1.807) is 30.1 Å². The predicted octanol–water partition coefficient (Wildman–Crippen LogP) is 3.81. The van der Waals surface area contributed by atoms with Crippen LogP contribution in [0.25, 0.3) is 0 Å². The van der Waals surface area contributed by atoms with Gasteiger partial charge in [-0.1, -0.05) is 18.2 Å². The second-order valence-electron chi connectivity index (χ2n) is 4.65. The molecule has 0 aliphatic rings. The van der Waals surface area contributed by atoms with Gasteiger partial charge in [0.25, 0.3) is 0 Å². The van der Waals surface area contributed by atoms with Crippen molar-refractivity contribution in [2.24, 2.45) is 0 Å². The summed E-state index contributed by atoms with van der Waals surface area (Å²) < 4.78 is 40.1. The number of nitrogens with zero attached hydrogens (tertiary/aromatic N) is 1. The normalized spacial score (nSPS) is 10.5. The van der Waals surface area contributed by atoms with E-state index >= 15 is 0 Å². The molecule has 0 aliphatic heterocycles. The number of para-hydroxylation sites is 1. The lowest BCUT2D eigenvalue weighted by atomic mass is 10.1. The van der Waals surface area contributed by atoms with Crippen molar-refractivity contribution < 1.29 is 18.0 Å². The molecule has 2 aromatic rings. The summed E-state index contributed by atoms with van der Waals surface area (Å²) in [6.45, 7) is 0.204. The van der Waals surface area contributed by atoms with Crippen LogP contribution in [0.3, 0.4) is 0 Å². The Kier molecular flexibility index (Phi) is 4.62. The number of anilines is 1. The smallest absolute Gasteiger partial charge is 0.169 e. The fourth-order valence-electron chi connectivity index (χ4n) is 2.00. The maximum absolute atomic E-state index is 13.6. The van der Waals surface area contributed by atoms with E-state index in [9.17, 15) is 18.0 Å². The summed E-state index contributed by atoms with van der Waals surface area (Å²) in [5.74, 6) is -3.11. The number of rotatable bonds is 5. The first-order valence-corrected chi connectivity index (χ1v) is 6.43. The van der Waals surface area contributed by atoms with Gasteiger partial charge in [-0.15, -0.1) is 0 Å². The van der Waals surface area contributed by atoms with Gasteiger partial charge >= 0.3 is 0 Å². The minimum Gasteiger partial charge on any atom is -0.372 e. The molecule has 0 amide bonds. The highest BCUT2D eigenvalue weighted by Crippen LogP contribution is 2.18. The minimum atomic E-state index is -1.14. The number of Topliss-reactive ketones (excluding diaryl/α,β-unsaturated/α-hetero) is 1. The van der Waals surface area contributed by atoms with Crippen LogP contribution in [0.1, 0.15) is 16.8 Å². The Labute approximate surface area is 120 Å². The summed E-state index contributed by atoms with van der Waals surface area (Å²) in [5, 5.41) is 0. The van der Waals surface area contributed by atoms with Gasteiger partial charge in [0.2, 0.25) is 0 Å². The lowest BCUT2D eigenvalue weighted by Crippen LogP contribution is -2.22. The van der Waals surface area contributed by atoms with Crippen molar-refractivity contribution in [2.45, 2.75) is 6.42 Å². The van der Waals surface area contributed by atoms with Crippen molar-refractivity contribution in [1.29, 1.82) is 0 Å². The molecule has 0 fully saturated rings. The number of benzene rings is 2. The van der Waals surface area contributed by atoms with Crippen LogP contribution in [0.15, 0.2) is 42.5 Å². The third-order valence-corrected chi connectivity index (χ3v) is 3.19. The Hall–Kier alpha value is -2.30. The zero-order chi connectivity index (χ0) is 15.4. The van der Waals surface area contributed by atoms with Crippen LogP contribution >= 0.6 is 0 Å². The molecule has 0 unspecified atom stereocenters. The summed E-state index contributed by atoms with van der Waals surface area (Å²) >= 11 is 0. The second kappa shape index (κ2) is 6.43. The van der Waals surface area contributed by atoms with Crippen molar-refractivity contribution in [3.8, 4) is 0 Å². The van der Waals surface area contributed by atoms with Gasteiger partial charge in [-0.3, -0.25) is 4.79 Å². The molecule has 0 aromatic heterocycles. The summed E-state index contributed by atoms with van der Waals surface area (Å²) in [4.78, 5) is 13.5. The van der Waals surface area contributed by atoms with Crippen LogP contribution in [0.5, 0.6) is 0 Å². The largest absolute Gasteiger partial charge is 0.372 e. The molecule has 2 aromatic carbocycles. The van der Waals surface area contributed by atoms with Gasteiger partial charge in [0, 0.05) is 20.0 Å². The molecule has 5 heteroatoms. The fourth-order valence-corrected chi connectivity index (χ4v) is 2.00. The first kappa shape index (κ1) is 15.1. The average molecular weight is 293 g/mol. The van der Waals surface area contributed by atoms with E-state index in [-0.39, 0.29) is 18.5 Å². The molecule has 0 radical (unpaired) electrons. The third-order valence-electron chi connectivity index (χ3n) is 3.19. The second-order valence-corrected chi connectivity index (χ2v) is 4.65. The number of carbonyl (C=O) groups is 1. The van der Waals surface area contributed by atoms with Gasteiger partial charge in [-0.2, -0.15) is 0 Å². The Morgan fingerprint density at radius 2 is 1.67 bits per heavy atom. The number of hydrogen-bond acceptors (Lipinski definition) is 2. The standard InChI is InChI=1S/C16H14F3NO/c1-20(14-8-3-2-6-12(14)17)10-9-15(21)11-5-4-7-13(18)16(11)19/h2-8H,9-10H2,1H3. The molecule has 2 nitrogen and oxygen atoms in total. The summed E-state index contributed by atoms with van der Waals surface area (Å²) in [6, 6.07) is 9.64. The third kappa shape index (κ3) is 3.42. The van der Waals surface area contributed by atoms with Crippen molar-refractivity contribution in [1.82, 2.24) is 0 Å². The first-order valence-electron chi connectivity index (χ1n) is 6.43. The van der Waals surface area contributed by atoms with Crippen molar-refractivity contribution in [3.05, 3.63) is 65.5 Å². The van der Waals surface area contributed by atoms with E-state index in [1.807, 2.05) is 0 Å². The number of hydrogen-bond donors (Lipinski definition) is 0. The maximum Gasteiger partial charge on any atom is 0.169 e. The van der Waals surface area contributed by atoms with Crippen LogP contribution in [-0.2, 0) is 0 Å². The van der Waals surface area contributed by atoms with Gasteiger partial charge in [-0.05, 0) is 24.3 Å². The topological polar surface area (TPSA) is 20.3 Å². The lowest BCUT2D eigenvalue weighted by molar-refractivity contribution is 0.0980. The van der Waals surface area contributed by atoms with Gasteiger partial charge < -0.3 is 4.90 Å². The average Bonchev–Trinajstić information content (AvgIpc) is 2.47. The SMILES string of the molecule is CN(CCC(=O)c1cccc(F)c1F)c1ccccc1F. The summed E-state index contributed by atoms with van der Waals surface area (Å²) in [7, 11) is 1.63. The van der Waals surface area contributed by atoms with Gasteiger partial charge in [0.1, 0.15) is 5.82 Å². The minimum absolute atomic E-state index is 0.0365. The molecule has 0 saturated carbocycles. The maximum atomic E-state index is 13.6. The Bertz CT molecular complexity index is 658. The molecule has 0 atom stereocenters. The van der Waals surface area contributed by atoms with E-state index in [2.05, 4.69) is 0 Å². The van der Waals surface area contributed by atoms with Crippen LogP contribution < -0.4 is 4.90 Å². The molecule has 110 valence electrons. The van der Waals surface area contributed by atoms with E-state index in [1.165, 1.54) is 18.2 Å². The highest BCUT2D eigenvalue weighted by Gasteiger charge is 2.16. The monoisotopic (exact) mass is 293 g/mol. The Balaban J connectivity index is 2.04. The van der Waals surface area contributed by atoms with Crippen LogP contribution in [0.2, 0.25) is 0 Å². The molecule has 0 heterocycles. The zero-order valence-corrected chi connectivity index (χ0v) is 11.4. The highest BCUT2D eigenvalue weighted by molar-refractivity contribution is 5.96. The molecule has 0 bridgehead atoms. The van der Waals surface area contributed by atoms with Crippen LogP contribution in [0, 0.1) is 17.5 Å². The number of halogens is 3. The number of ketones is 1. The molecular weight excluding hydrogens is 279 g/mol. The van der Waals surface area contributed by atoms with Gasteiger partial charge in [0.05, 0.1) is 11.3 Å². The van der Waals surface area contributed by atoms with Crippen molar-refractivity contribution in [3.63, 3.8) is 0 Å². The zero-order valence-electron chi connectivity index (χ0n) is 11.4. The summed E-state index contributed by atoms with van der Waals surface area (Å²) in [5.41, 5.74) is 0.0712. The summed E-state index contributed by atoms with van der Waals surface area (Å²) in [6.07, 6.45) is -0.0365. The van der Waals surface area contributed by atoms with Gasteiger partial charge in [0.15, 0.2) is 17.4 Å². The first-order chi connectivity index (χ1) is 10.0. The van der Waals surface area contributed by atoms with Gasteiger partial charge in [-0.25, -0.2) is 13.2 Å². The quantitative estimate of drug-likeness (QED) is 0.781. The molecule has 0 spiro atoms. The van der Waals surface area contributed by atoms with Crippen LogP contribution in [0.4, 0.5) is 18.9 Å². The molecule has 2 rings (SSSR count). The highest BCUT2D eigenvalue weighted by atomic mass is 19.2. The number of carbonyl (C=O) groups excluding carboxylic acids is 1. The van der Waals surface area contributed by atoms with Crippen LogP contribution in [-0.4, -0.2) is 19.4 Å². The van der Waals surface area contributed by atoms with E-state index in [0.717, 1.165) is 6.07 Å². The molecule has 0 N–H and O–H groups in total. The van der Waals surface area contributed by atoms with Crippen molar-refractivity contribution in [2.75, 3.05) is 18.5 Å².